The van der Waals surface area contributed by atoms with Gasteiger partial charge in [0.15, 0.2) is 0 Å². The van der Waals surface area contributed by atoms with Crippen LogP contribution < -0.4 is 113 Å². The summed E-state index contributed by atoms with van der Waals surface area (Å²) in [6, 6.07) is 4.05. The van der Waals surface area contributed by atoms with Crippen LogP contribution in [0.15, 0.2) is 29.8 Å². The zero-order chi connectivity index (χ0) is 20.1. The summed E-state index contributed by atoms with van der Waals surface area (Å²) < 4.78 is 0. The number of hydrogen-bond donors (Lipinski definition) is 1. The number of carbonyl (C=O) groups excluding carboxylic acids is 4. The van der Waals surface area contributed by atoms with Crippen LogP contribution in [-0.2, 0) is 19.2 Å². The van der Waals surface area contributed by atoms with E-state index < -0.39 is 61.3 Å². The first-order chi connectivity index (χ1) is 12.7. The summed E-state index contributed by atoms with van der Waals surface area (Å²) in [6.07, 6.45) is -0.0366. The second kappa shape index (κ2) is 13.1. The molecule has 12 heteroatoms. The molecule has 0 spiro atoms. The summed E-state index contributed by atoms with van der Waals surface area (Å²) in [5.74, 6) is -5.05. The van der Waals surface area contributed by atoms with Crippen LogP contribution in [0.3, 0.4) is 0 Å². The van der Waals surface area contributed by atoms with Gasteiger partial charge >= 0.3 is 115 Å². The molecule has 142 valence electrons. The minimum Gasteiger partial charge on any atom is -0.872 e. The van der Waals surface area contributed by atoms with Gasteiger partial charge in [-0.2, -0.15) is 0 Å². The van der Waals surface area contributed by atoms with E-state index in [2.05, 4.69) is 0 Å². The number of imide groups is 2. The van der Waals surface area contributed by atoms with E-state index in [-0.39, 0.29) is 109 Å². The van der Waals surface area contributed by atoms with Crippen LogP contribution in [0.4, 0.5) is 4.79 Å². The smallest absolute Gasteiger partial charge is 0.872 e. The monoisotopic (exact) mass is 452 g/mol. The molecule has 4 amide bonds. The summed E-state index contributed by atoms with van der Waals surface area (Å²) in [6.45, 7) is -1.02. The minimum atomic E-state index is -1.50. The van der Waals surface area contributed by atoms with Crippen LogP contribution >= 0.6 is 0 Å². The summed E-state index contributed by atoms with van der Waals surface area (Å²) in [5, 5.41) is 30.6. The maximum absolute atomic E-state index is 12.5. The average Bonchev–Trinajstić information content (AvgIpc) is 2.59. The predicted molar refractivity (Wildman–Crippen MR) is 84.6 cm³/mol. The Hall–Kier alpha value is -0.417. The van der Waals surface area contributed by atoms with Gasteiger partial charge < -0.3 is 20.1 Å². The number of carboxylic acid groups (broad SMARTS) is 2. The fourth-order valence-corrected chi connectivity index (χ4v) is 2.36. The van der Waals surface area contributed by atoms with Gasteiger partial charge in [0.05, 0.1) is 6.42 Å². The van der Waals surface area contributed by atoms with E-state index in [4.69, 9.17) is 5.11 Å². The van der Waals surface area contributed by atoms with Crippen molar-refractivity contribution in [3.8, 4) is 5.75 Å². The molecule has 29 heavy (non-hydrogen) atoms. The van der Waals surface area contributed by atoms with Gasteiger partial charge in [0.2, 0.25) is 0 Å². The van der Waals surface area contributed by atoms with Gasteiger partial charge in [-0.15, -0.1) is 5.75 Å². The van der Waals surface area contributed by atoms with Crippen molar-refractivity contribution >= 4 is 35.9 Å². The minimum absolute atomic E-state index is 0. The Morgan fingerprint density at radius 2 is 1.41 bits per heavy atom. The van der Waals surface area contributed by atoms with Crippen molar-refractivity contribution in [3.05, 3.63) is 35.4 Å². The van der Waals surface area contributed by atoms with Crippen molar-refractivity contribution in [2.45, 2.75) is 12.8 Å². The third-order valence-corrected chi connectivity index (χ3v) is 3.69. The van der Waals surface area contributed by atoms with Crippen LogP contribution in [0.5, 0.6) is 5.75 Å². The van der Waals surface area contributed by atoms with Gasteiger partial charge in [0, 0.05) is 25.5 Å². The standard InChI is InChI=1S/C17H16N2O8.2K/c20-11-3-1-10(2-4-11)9-12-15(25)18(7-5-13(21)22)17(27)19(16(12)26)8-6-14(23)24;;/h1-4,9,20H,5-8H2,(H,21,22)(H,23,24);;/q;2*+1/p-2. The largest absolute Gasteiger partial charge is 1.00 e. The number of carboxylic acids is 2. The first kappa shape index (κ1) is 28.6. The second-order valence-corrected chi connectivity index (χ2v) is 5.59. The molecule has 0 unspecified atom stereocenters. The van der Waals surface area contributed by atoms with E-state index in [1.165, 1.54) is 24.3 Å². The first-order valence-corrected chi connectivity index (χ1v) is 7.79. The van der Waals surface area contributed by atoms with E-state index in [0.29, 0.717) is 15.4 Å². The second-order valence-electron chi connectivity index (χ2n) is 5.59. The molecule has 1 N–H and O–H groups in total. The van der Waals surface area contributed by atoms with E-state index >= 15 is 0 Å². The molecule has 1 aromatic carbocycles. The molecule has 1 aromatic rings. The predicted octanol–water partition coefficient (Wildman–Crippen LogP) is -7.44. The van der Waals surface area contributed by atoms with Gasteiger partial charge in [-0.3, -0.25) is 24.2 Å². The molecule has 10 nitrogen and oxygen atoms in total. The number of amides is 4. The molecule has 1 saturated heterocycles. The summed E-state index contributed by atoms with van der Waals surface area (Å²) in [4.78, 5) is 59.9. The fourth-order valence-electron chi connectivity index (χ4n) is 2.36. The third-order valence-electron chi connectivity index (χ3n) is 3.69. The van der Waals surface area contributed by atoms with Crippen LogP contribution in [0.25, 0.3) is 6.08 Å². The maximum Gasteiger partial charge on any atom is 1.00 e. The van der Waals surface area contributed by atoms with Crippen molar-refractivity contribution in [2.75, 3.05) is 13.1 Å². The van der Waals surface area contributed by atoms with Crippen molar-refractivity contribution in [2.24, 2.45) is 0 Å². The number of aliphatic carboxylic acids is 2. The number of urea groups is 1. The van der Waals surface area contributed by atoms with Gasteiger partial charge in [-0.05, 0) is 11.6 Å². The molecule has 1 heterocycles. The Morgan fingerprint density at radius 3 is 1.86 bits per heavy atom. The molecule has 0 saturated carbocycles. The zero-order valence-electron chi connectivity index (χ0n) is 15.9. The molecule has 0 aliphatic carbocycles. The van der Waals surface area contributed by atoms with E-state index in [9.17, 15) is 34.2 Å². The summed E-state index contributed by atoms with van der Waals surface area (Å²) in [7, 11) is 0. The number of benzene rings is 1. The fraction of sp³-hybridized carbons (Fsp3) is 0.235. The topological polar surface area (TPSA) is 158 Å². The number of hydrogen-bond acceptors (Lipinski definition) is 7. The SMILES string of the molecule is O=C([O-])CCN1C(=O)C(=Cc2ccc([O-])cc2)C(=O)N(CCC(=O)O)C1=O.[K+].[K+]. The molecule has 0 bridgehead atoms. The molecule has 2 rings (SSSR count). The third kappa shape index (κ3) is 7.97. The van der Waals surface area contributed by atoms with Gasteiger partial charge in [-0.25, -0.2) is 4.79 Å². The Kier molecular flexibility index (Phi) is 12.9. The number of rotatable bonds is 7. The van der Waals surface area contributed by atoms with Gasteiger partial charge in [-0.1, -0.05) is 24.3 Å². The normalized spacial score (nSPS) is 15.0. The summed E-state index contributed by atoms with van der Waals surface area (Å²) >= 11 is 0. The zero-order valence-corrected chi connectivity index (χ0v) is 22.2. The van der Waals surface area contributed by atoms with E-state index in [1.807, 2.05) is 0 Å². The average molecular weight is 453 g/mol. The molecular formula is C17H14K2N2O8. The molecule has 0 atom stereocenters. The van der Waals surface area contributed by atoms with Crippen LogP contribution in [0.2, 0.25) is 0 Å². The molecule has 0 radical (unpaired) electrons. The van der Waals surface area contributed by atoms with Crippen molar-refractivity contribution in [1.29, 1.82) is 0 Å². The molecular weight excluding hydrogens is 438 g/mol. The maximum atomic E-state index is 12.5. The molecule has 0 aromatic heterocycles. The van der Waals surface area contributed by atoms with Crippen molar-refractivity contribution in [3.63, 3.8) is 0 Å². The molecule has 1 aliphatic heterocycles. The van der Waals surface area contributed by atoms with Crippen LogP contribution in [-0.4, -0.2) is 57.8 Å². The first-order valence-electron chi connectivity index (χ1n) is 7.79. The van der Waals surface area contributed by atoms with Crippen molar-refractivity contribution in [1.82, 2.24) is 9.80 Å². The van der Waals surface area contributed by atoms with E-state index in [1.54, 1.807) is 0 Å². The Labute approximate surface area is 250 Å². The van der Waals surface area contributed by atoms with Gasteiger partial charge in [0.1, 0.15) is 5.57 Å². The summed E-state index contributed by atoms with van der Waals surface area (Å²) in [5.41, 5.74) is -0.115. The Morgan fingerprint density at radius 1 is 0.931 bits per heavy atom. The number of nitrogens with zero attached hydrogens (tertiary/aromatic N) is 2. The van der Waals surface area contributed by atoms with Crippen LogP contribution in [0.1, 0.15) is 18.4 Å². The number of barbiturate groups is 1. The van der Waals surface area contributed by atoms with Crippen LogP contribution in [0, 0.1) is 0 Å². The Bertz CT molecular complexity index is 796. The number of carbonyl (C=O) groups is 5. The van der Waals surface area contributed by atoms with Crippen molar-refractivity contribution < 1.29 is 142 Å². The Balaban J connectivity index is 0.00000392. The molecule has 1 fully saturated rings. The van der Waals surface area contributed by atoms with Gasteiger partial charge in [0.25, 0.3) is 11.8 Å². The molecule has 1 aliphatic rings. The van der Waals surface area contributed by atoms with E-state index in [0.717, 1.165) is 6.08 Å². The quantitative estimate of drug-likeness (QED) is 0.243.